The van der Waals surface area contributed by atoms with Crippen LogP contribution in [0.5, 0.6) is 0 Å². The smallest absolute Gasteiger partial charge is 0.138 e. The van der Waals surface area contributed by atoms with Gasteiger partial charge in [0.15, 0.2) is 0 Å². The Hall–Kier alpha value is -1.40. The third-order valence-corrected chi connectivity index (χ3v) is 3.78. The summed E-state index contributed by atoms with van der Waals surface area (Å²) >= 11 is 8.44. The van der Waals surface area contributed by atoms with Gasteiger partial charge in [0.1, 0.15) is 10.7 Å². The van der Waals surface area contributed by atoms with Crippen LogP contribution >= 0.6 is 28.1 Å². The van der Waals surface area contributed by atoms with Crippen LogP contribution in [0.1, 0.15) is 22.6 Å². The van der Waals surface area contributed by atoms with Crippen LogP contribution in [0.3, 0.4) is 0 Å². The van der Waals surface area contributed by atoms with Crippen molar-refractivity contribution >= 4 is 38.8 Å². The molecule has 2 rings (SSSR count). The molecule has 2 aromatic rings. The number of nitrogens with zero attached hydrogens (tertiary/aromatic N) is 1. The van der Waals surface area contributed by atoms with Crippen molar-refractivity contribution < 1.29 is 4.52 Å². The third kappa shape index (κ3) is 3.13. The lowest BCUT2D eigenvalue weighted by Gasteiger charge is -2.09. The molecule has 3 N–H and O–H groups in total. The first-order valence-corrected chi connectivity index (χ1v) is 6.94. The van der Waals surface area contributed by atoms with Crippen LogP contribution in [0.4, 0.5) is 5.69 Å². The average molecular weight is 340 g/mol. The molecule has 4 nitrogen and oxygen atoms in total. The van der Waals surface area contributed by atoms with Crippen LogP contribution in [-0.2, 0) is 6.54 Å². The van der Waals surface area contributed by atoms with Crippen LogP contribution in [0.15, 0.2) is 27.2 Å². The van der Waals surface area contributed by atoms with Crippen LogP contribution in [0.2, 0.25) is 0 Å². The first kappa shape index (κ1) is 14.0. The first-order valence-electron chi connectivity index (χ1n) is 5.74. The SMILES string of the molecule is Cc1noc(C)c1CNc1ccc(C(N)=S)cc1Br. The normalized spacial score (nSPS) is 10.5. The number of aromatic nitrogens is 1. The largest absolute Gasteiger partial charge is 0.389 e. The Morgan fingerprint density at radius 3 is 2.74 bits per heavy atom. The van der Waals surface area contributed by atoms with Gasteiger partial charge in [-0.05, 0) is 48.0 Å². The van der Waals surface area contributed by atoms with E-state index in [2.05, 4.69) is 26.4 Å². The Bertz CT molecular complexity index is 605. The van der Waals surface area contributed by atoms with Gasteiger partial charge >= 0.3 is 0 Å². The summed E-state index contributed by atoms with van der Waals surface area (Å²) in [5, 5.41) is 7.26. The number of nitrogens with two attached hydrogens (primary N) is 1. The zero-order valence-electron chi connectivity index (χ0n) is 10.7. The lowest BCUT2D eigenvalue weighted by atomic mass is 10.2. The van der Waals surface area contributed by atoms with Crippen molar-refractivity contribution in [2.75, 3.05) is 5.32 Å². The summed E-state index contributed by atoms with van der Waals surface area (Å²) in [5.41, 5.74) is 9.38. The molecule has 1 aromatic carbocycles. The number of hydrogen-bond donors (Lipinski definition) is 2. The molecule has 0 aliphatic heterocycles. The van der Waals surface area contributed by atoms with Gasteiger partial charge in [-0.15, -0.1) is 0 Å². The molecule has 1 heterocycles. The van der Waals surface area contributed by atoms with E-state index in [1.165, 1.54) is 0 Å². The topological polar surface area (TPSA) is 64.1 Å². The van der Waals surface area contributed by atoms with Crippen molar-refractivity contribution in [3.63, 3.8) is 0 Å². The van der Waals surface area contributed by atoms with E-state index >= 15 is 0 Å². The highest BCUT2D eigenvalue weighted by atomic mass is 79.9. The fourth-order valence-electron chi connectivity index (χ4n) is 1.75. The highest BCUT2D eigenvalue weighted by Gasteiger charge is 2.09. The number of halogens is 1. The summed E-state index contributed by atoms with van der Waals surface area (Å²) in [6.07, 6.45) is 0. The third-order valence-electron chi connectivity index (χ3n) is 2.89. The molecule has 0 spiro atoms. The molecule has 0 saturated heterocycles. The van der Waals surface area contributed by atoms with Gasteiger partial charge in [0, 0.05) is 27.8 Å². The molecule has 100 valence electrons. The summed E-state index contributed by atoms with van der Waals surface area (Å²) in [6, 6.07) is 5.73. The molecule has 1 aromatic heterocycles. The quantitative estimate of drug-likeness (QED) is 0.836. The Labute approximate surface area is 125 Å². The van der Waals surface area contributed by atoms with Crippen molar-refractivity contribution in [3.8, 4) is 0 Å². The highest BCUT2D eigenvalue weighted by Crippen LogP contribution is 2.25. The van der Waals surface area contributed by atoms with Gasteiger partial charge in [0.05, 0.1) is 5.69 Å². The second-order valence-corrected chi connectivity index (χ2v) is 5.51. The number of nitrogens with one attached hydrogen (secondary N) is 1. The molecular formula is C13H14BrN3OS. The van der Waals surface area contributed by atoms with E-state index in [1.54, 1.807) is 0 Å². The van der Waals surface area contributed by atoms with Crippen LogP contribution < -0.4 is 11.1 Å². The summed E-state index contributed by atoms with van der Waals surface area (Å²) in [5.74, 6) is 0.834. The molecule has 19 heavy (non-hydrogen) atoms. The van der Waals surface area contributed by atoms with Gasteiger partial charge in [-0.1, -0.05) is 17.4 Å². The molecule has 0 radical (unpaired) electrons. The van der Waals surface area contributed by atoms with Crippen molar-refractivity contribution in [3.05, 3.63) is 45.3 Å². The van der Waals surface area contributed by atoms with E-state index in [0.29, 0.717) is 11.5 Å². The predicted octanol–water partition coefficient (Wildman–Crippen LogP) is 3.30. The van der Waals surface area contributed by atoms with Crippen LogP contribution in [0, 0.1) is 13.8 Å². The minimum absolute atomic E-state index is 0.387. The van der Waals surface area contributed by atoms with E-state index in [9.17, 15) is 0 Å². The number of hydrogen-bond acceptors (Lipinski definition) is 4. The Kier molecular flexibility index (Phi) is 4.21. The molecule has 0 saturated carbocycles. The summed E-state index contributed by atoms with van der Waals surface area (Å²) in [6.45, 7) is 4.49. The molecule has 0 aliphatic carbocycles. The molecule has 0 fully saturated rings. The number of benzene rings is 1. The second-order valence-electron chi connectivity index (χ2n) is 4.22. The van der Waals surface area contributed by atoms with Crippen molar-refractivity contribution in [1.82, 2.24) is 5.16 Å². The van der Waals surface area contributed by atoms with Gasteiger partial charge in [-0.2, -0.15) is 0 Å². The molecule has 0 atom stereocenters. The highest BCUT2D eigenvalue weighted by molar-refractivity contribution is 9.10. The van der Waals surface area contributed by atoms with Crippen molar-refractivity contribution in [2.45, 2.75) is 20.4 Å². The molecule has 0 bridgehead atoms. The Morgan fingerprint density at radius 2 is 2.21 bits per heavy atom. The number of aryl methyl sites for hydroxylation is 2. The van der Waals surface area contributed by atoms with Crippen molar-refractivity contribution in [2.24, 2.45) is 5.73 Å². The maximum atomic E-state index is 5.59. The Morgan fingerprint density at radius 1 is 1.47 bits per heavy atom. The standard InChI is InChI=1S/C13H14BrN3OS/c1-7-10(8(2)18-17-7)6-16-12-4-3-9(13(15)19)5-11(12)14/h3-5,16H,6H2,1-2H3,(H2,15,19). The predicted molar refractivity (Wildman–Crippen MR) is 83.3 cm³/mol. The van der Waals surface area contributed by atoms with Crippen LogP contribution in [-0.4, -0.2) is 10.1 Å². The average Bonchev–Trinajstić information content (AvgIpc) is 2.68. The fourth-order valence-corrected chi connectivity index (χ4v) is 2.40. The Balaban J connectivity index is 2.14. The van der Waals surface area contributed by atoms with Crippen LogP contribution in [0.25, 0.3) is 0 Å². The molecule has 0 amide bonds. The summed E-state index contributed by atoms with van der Waals surface area (Å²) in [4.78, 5) is 0.387. The summed E-state index contributed by atoms with van der Waals surface area (Å²) < 4.78 is 6.05. The van der Waals surface area contributed by atoms with Gasteiger partial charge in [-0.25, -0.2) is 0 Å². The van der Waals surface area contributed by atoms with Gasteiger partial charge in [0.25, 0.3) is 0 Å². The maximum Gasteiger partial charge on any atom is 0.138 e. The molecule has 6 heteroatoms. The number of anilines is 1. The van der Waals surface area contributed by atoms with Gasteiger partial charge < -0.3 is 15.6 Å². The van der Waals surface area contributed by atoms with Gasteiger partial charge in [0.2, 0.25) is 0 Å². The fraction of sp³-hybridized carbons (Fsp3) is 0.231. The lowest BCUT2D eigenvalue weighted by Crippen LogP contribution is -2.09. The minimum Gasteiger partial charge on any atom is -0.389 e. The van der Waals surface area contributed by atoms with E-state index in [1.807, 2.05) is 32.0 Å². The maximum absolute atomic E-state index is 5.59. The first-order chi connectivity index (χ1) is 8.99. The van der Waals surface area contributed by atoms with E-state index in [0.717, 1.165) is 32.7 Å². The zero-order valence-corrected chi connectivity index (χ0v) is 13.1. The lowest BCUT2D eigenvalue weighted by molar-refractivity contribution is 0.392. The molecule has 0 unspecified atom stereocenters. The van der Waals surface area contributed by atoms with Gasteiger partial charge in [-0.3, -0.25) is 0 Å². The van der Waals surface area contributed by atoms with Crippen molar-refractivity contribution in [1.29, 1.82) is 0 Å². The van der Waals surface area contributed by atoms with E-state index in [-0.39, 0.29) is 0 Å². The number of rotatable bonds is 4. The number of thiocarbonyl (C=S) groups is 1. The zero-order chi connectivity index (χ0) is 14.0. The summed E-state index contributed by atoms with van der Waals surface area (Å²) in [7, 11) is 0. The van der Waals surface area contributed by atoms with E-state index in [4.69, 9.17) is 22.5 Å². The second kappa shape index (κ2) is 5.71. The molecule has 0 aliphatic rings. The minimum atomic E-state index is 0.387. The van der Waals surface area contributed by atoms with E-state index < -0.39 is 0 Å². The molecular weight excluding hydrogens is 326 g/mol. The monoisotopic (exact) mass is 339 g/mol.